The summed E-state index contributed by atoms with van der Waals surface area (Å²) < 4.78 is 28.4. The van der Waals surface area contributed by atoms with Crippen molar-refractivity contribution in [3.8, 4) is 5.75 Å². The van der Waals surface area contributed by atoms with Gasteiger partial charge in [0.2, 0.25) is 0 Å². The van der Waals surface area contributed by atoms with Gasteiger partial charge >= 0.3 is 6.61 Å². The van der Waals surface area contributed by atoms with Crippen molar-refractivity contribution < 1.29 is 18.3 Å². The lowest BCUT2D eigenvalue weighted by molar-refractivity contribution is -0.0498. The van der Waals surface area contributed by atoms with Crippen molar-refractivity contribution in [1.82, 2.24) is 5.43 Å². The first-order chi connectivity index (χ1) is 11.0. The van der Waals surface area contributed by atoms with E-state index in [-0.39, 0.29) is 11.7 Å². The van der Waals surface area contributed by atoms with Gasteiger partial charge in [0.05, 0.1) is 5.71 Å². The molecule has 0 aliphatic carbocycles. The van der Waals surface area contributed by atoms with Crippen LogP contribution in [-0.2, 0) is 0 Å². The molecule has 3 N–H and O–H groups in total. The number of hydrazone groups is 1. The molecule has 0 fully saturated rings. The number of carbonyl (C=O) groups excluding carboxylic acids is 1. The van der Waals surface area contributed by atoms with Crippen LogP contribution in [0.25, 0.3) is 0 Å². The summed E-state index contributed by atoms with van der Waals surface area (Å²) in [5, 5.41) is 3.98. The number of halogens is 2. The third-order valence-electron chi connectivity index (χ3n) is 3.00. The van der Waals surface area contributed by atoms with Crippen LogP contribution >= 0.6 is 0 Å². The van der Waals surface area contributed by atoms with E-state index in [9.17, 15) is 13.6 Å². The van der Waals surface area contributed by atoms with Crippen LogP contribution in [-0.4, -0.2) is 18.2 Å². The number of anilines is 1. The molecule has 7 heteroatoms. The predicted molar refractivity (Wildman–Crippen MR) is 83.6 cm³/mol. The fraction of sp³-hybridized carbons (Fsp3) is 0.125. The largest absolute Gasteiger partial charge is 0.435 e. The molecule has 2 aromatic carbocycles. The summed E-state index contributed by atoms with van der Waals surface area (Å²) in [5.74, 6) is -0.315. The van der Waals surface area contributed by atoms with E-state index in [1.165, 1.54) is 12.1 Å². The minimum Gasteiger partial charge on any atom is -0.435 e. The third-order valence-corrected chi connectivity index (χ3v) is 3.00. The number of rotatable bonds is 5. The van der Waals surface area contributed by atoms with Crippen molar-refractivity contribution in [2.24, 2.45) is 5.10 Å². The topological polar surface area (TPSA) is 76.7 Å². The molecule has 120 valence electrons. The molecule has 0 aliphatic heterocycles. The highest BCUT2D eigenvalue weighted by Gasteiger charge is 2.06. The van der Waals surface area contributed by atoms with Crippen LogP contribution in [0.15, 0.2) is 53.6 Å². The molecule has 0 spiro atoms. The Balaban J connectivity index is 2.01. The Bertz CT molecular complexity index is 698. The summed E-state index contributed by atoms with van der Waals surface area (Å²) in [6.45, 7) is -1.18. The molecule has 2 aromatic rings. The molecular weight excluding hydrogens is 304 g/mol. The molecule has 0 radical (unpaired) electrons. The van der Waals surface area contributed by atoms with Crippen molar-refractivity contribution in [3.63, 3.8) is 0 Å². The number of hydrogen-bond acceptors (Lipinski definition) is 4. The smallest absolute Gasteiger partial charge is 0.387 e. The molecule has 23 heavy (non-hydrogen) atoms. The number of nitrogens with zero attached hydrogens (tertiary/aromatic N) is 1. The zero-order valence-electron chi connectivity index (χ0n) is 12.3. The second-order valence-electron chi connectivity index (χ2n) is 4.66. The Morgan fingerprint density at radius 2 is 1.65 bits per heavy atom. The summed E-state index contributed by atoms with van der Waals surface area (Å²) >= 11 is 0. The quantitative estimate of drug-likeness (QED) is 0.505. The van der Waals surface area contributed by atoms with Gasteiger partial charge in [0.25, 0.3) is 5.91 Å². The van der Waals surface area contributed by atoms with Crippen LogP contribution in [0.2, 0.25) is 0 Å². The van der Waals surface area contributed by atoms with Gasteiger partial charge in [-0.15, -0.1) is 0 Å². The first kappa shape index (κ1) is 16.4. The first-order valence-electron chi connectivity index (χ1n) is 6.71. The molecule has 5 nitrogen and oxygen atoms in total. The van der Waals surface area contributed by atoms with E-state index in [1.807, 2.05) is 0 Å². The van der Waals surface area contributed by atoms with Crippen LogP contribution < -0.4 is 15.9 Å². The Labute approximate surface area is 131 Å². The maximum absolute atomic E-state index is 12.1. The Morgan fingerprint density at radius 1 is 1.09 bits per heavy atom. The molecule has 0 aromatic heterocycles. The normalized spacial score (nSPS) is 11.4. The van der Waals surface area contributed by atoms with Gasteiger partial charge in [0.1, 0.15) is 5.75 Å². The van der Waals surface area contributed by atoms with Crippen LogP contribution in [0.3, 0.4) is 0 Å². The Kier molecular flexibility index (Phi) is 5.24. The average Bonchev–Trinajstić information content (AvgIpc) is 2.53. The highest BCUT2D eigenvalue weighted by atomic mass is 19.3. The van der Waals surface area contributed by atoms with Gasteiger partial charge in [-0.3, -0.25) is 4.79 Å². The molecule has 0 saturated heterocycles. The number of alkyl halides is 2. The Hall–Kier alpha value is -2.96. The molecule has 0 heterocycles. The molecule has 0 saturated carbocycles. The van der Waals surface area contributed by atoms with Gasteiger partial charge < -0.3 is 10.5 Å². The van der Waals surface area contributed by atoms with Crippen molar-refractivity contribution in [2.75, 3.05) is 5.73 Å². The third kappa shape index (κ3) is 4.77. The number of nitrogen functional groups attached to an aromatic ring is 1. The lowest BCUT2D eigenvalue weighted by atomic mass is 10.1. The van der Waals surface area contributed by atoms with Crippen LogP contribution in [0.5, 0.6) is 5.75 Å². The lowest BCUT2D eigenvalue weighted by Crippen LogP contribution is -2.19. The van der Waals surface area contributed by atoms with Gasteiger partial charge in [-0.25, -0.2) is 5.43 Å². The summed E-state index contributed by atoms with van der Waals surface area (Å²) in [7, 11) is 0. The van der Waals surface area contributed by atoms with Gasteiger partial charge in [-0.05, 0) is 61.0 Å². The molecule has 0 aliphatic rings. The predicted octanol–water partition coefficient (Wildman–Crippen LogP) is 3.02. The standard InChI is InChI=1S/C16H15F2N3O2/c1-10(11-4-8-14(9-5-11)23-16(17)18)20-21-15(22)12-2-6-13(19)7-3-12/h2-9,16H,19H2,1H3,(H,21,22)/b20-10-. The molecule has 2 rings (SSSR count). The minimum absolute atomic E-state index is 0.0578. The van der Waals surface area contributed by atoms with E-state index >= 15 is 0 Å². The monoisotopic (exact) mass is 319 g/mol. The maximum Gasteiger partial charge on any atom is 0.387 e. The summed E-state index contributed by atoms with van der Waals surface area (Å²) in [6, 6.07) is 12.4. The maximum atomic E-state index is 12.1. The van der Waals surface area contributed by atoms with Crippen molar-refractivity contribution in [3.05, 3.63) is 59.7 Å². The van der Waals surface area contributed by atoms with E-state index < -0.39 is 6.61 Å². The number of ether oxygens (including phenoxy) is 1. The van der Waals surface area contributed by atoms with Gasteiger partial charge in [0, 0.05) is 11.3 Å². The van der Waals surface area contributed by atoms with Gasteiger partial charge in [0.15, 0.2) is 0 Å². The first-order valence-corrected chi connectivity index (χ1v) is 6.71. The molecule has 0 bridgehead atoms. The highest BCUT2D eigenvalue weighted by Crippen LogP contribution is 2.15. The van der Waals surface area contributed by atoms with Crippen LogP contribution in [0.4, 0.5) is 14.5 Å². The van der Waals surface area contributed by atoms with E-state index in [4.69, 9.17) is 5.73 Å². The second kappa shape index (κ2) is 7.35. The van der Waals surface area contributed by atoms with Gasteiger partial charge in [-0.1, -0.05) is 0 Å². The zero-order chi connectivity index (χ0) is 16.8. The molecule has 0 unspecified atom stereocenters. The van der Waals surface area contributed by atoms with Crippen molar-refractivity contribution >= 4 is 17.3 Å². The van der Waals surface area contributed by atoms with Crippen LogP contribution in [0, 0.1) is 0 Å². The number of amides is 1. The fourth-order valence-corrected chi connectivity index (χ4v) is 1.78. The zero-order valence-corrected chi connectivity index (χ0v) is 12.3. The van der Waals surface area contributed by atoms with E-state index in [1.54, 1.807) is 43.3 Å². The lowest BCUT2D eigenvalue weighted by Gasteiger charge is -2.06. The summed E-state index contributed by atoms with van der Waals surface area (Å²) in [6.07, 6.45) is 0. The number of nitrogens with two attached hydrogens (primary N) is 1. The minimum atomic E-state index is -2.87. The van der Waals surface area contributed by atoms with Crippen molar-refractivity contribution in [1.29, 1.82) is 0 Å². The van der Waals surface area contributed by atoms with Gasteiger partial charge in [-0.2, -0.15) is 13.9 Å². The molecule has 1 amide bonds. The Morgan fingerprint density at radius 3 is 2.22 bits per heavy atom. The number of hydrogen-bond donors (Lipinski definition) is 2. The fourth-order valence-electron chi connectivity index (χ4n) is 1.78. The van der Waals surface area contributed by atoms with E-state index in [2.05, 4.69) is 15.3 Å². The molecule has 0 atom stereocenters. The van der Waals surface area contributed by atoms with E-state index in [0.29, 0.717) is 22.5 Å². The summed E-state index contributed by atoms with van der Waals surface area (Å²) in [4.78, 5) is 11.9. The van der Waals surface area contributed by atoms with Crippen molar-refractivity contribution in [2.45, 2.75) is 13.5 Å². The number of benzene rings is 2. The second-order valence-corrected chi connectivity index (χ2v) is 4.66. The highest BCUT2D eigenvalue weighted by molar-refractivity contribution is 6.01. The molecular formula is C16H15F2N3O2. The summed E-state index contributed by atoms with van der Waals surface area (Å²) in [5.41, 5.74) is 10.2. The SMILES string of the molecule is C/C(=N/NC(=O)c1ccc(N)cc1)c1ccc(OC(F)F)cc1. The van der Waals surface area contributed by atoms with Crippen LogP contribution in [0.1, 0.15) is 22.8 Å². The number of carbonyl (C=O) groups is 1. The average molecular weight is 319 g/mol. The van der Waals surface area contributed by atoms with E-state index in [0.717, 1.165) is 0 Å². The number of nitrogens with one attached hydrogen (secondary N) is 1.